The third-order valence-corrected chi connectivity index (χ3v) is 1.86. The van der Waals surface area contributed by atoms with Crippen LogP contribution in [0.15, 0.2) is 30.3 Å². The lowest BCUT2D eigenvalue weighted by molar-refractivity contribution is 0.350. The molecule has 0 radical (unpaired) electrons. The molecular weight excluding hydrogens is 191 g/mol. The summed E-state index contributed by atoms with van der Waals surface area (Å²) in [6.45, 7) is -0.0850. The van der Waals surface area contributed by atoms with Gasteiger partial charge < -0.3 is 5.11 Å². The molecule has 0 aromatic heterocycles. The number of aliphatic hydroxyl groups is 1. The van der Waals surface area contributed by atoms with Gasteiger partial charge in [0.2, 0.25) is 0 Å². The van der Waals surface area contributed by atoms with Gasteiger partial charge in [0.1, 0.15) is 5.82 Å². The third-order valence-electron chi connectivity index (χ3n) is 1.71. The molecule has 13 heavy (non-hydrogen) atoms. The zero-order valence-corrected chi connectivity index (χ0v) is 7.76. The molecule has 1 nitrogen and oxygen atoms in total. The largest absolute Gasteiger partial charge is 0.392 e. The normalized spacial score (nSPS) is 11.8. The van der Waals surface area contributed by atoms with Gasteiger partial charge in [0.15, 0.2) is 0 Å². The van der Waals surface area contributed by atoms with Crippen LogP contribution in [0, 0.1) is 5.82 Å². The van der Waals surface area contributed by atoms with E-state index in [0.717, 1.165) is 11.1 Å². The van der Waals surface area contributed by atoms with Gasteiger partial charge in [0.05, 0.1) is 6.61 Å². The van der Waals surface area contributed by atoms with Gasteiger partial charge in [-0.2, -0.15) is 0 Å². The molecule has 0 fully saturated rings. The highest BCUT2D eigenvalue weighted by molar-refractivity contribution is 6.19. The summed E-state index contributed by atoms with van der Waals surface area (Å²) in [5.41, 5.74) is 1.51. The predicted molar refractivity (Wildman–Crippen MR) is 52.2 cm³/mol. The van der Waals surface area contributed by atoms with Crippen molar-refractivity contribution in [2.75, 3.05) is 12.5 Å². The fourth-order valence-electron chi connectivity index (χ4n) is 1.03. The lowest BCUT2D eigenvalue weighted by Crippen LogP contribution is -1.91. The van der Waals surface area contributed by atoms with Gasteiger partial charge in [-0.1, -0.05) is 18.2 Å². The number of allylic oxidation sites excluding steroid dienone is 1. The Bertz CT molecular complexity index is 292. The fraction of sp³-hybridized carbons (Fsp3) is 0.200. The zero-order valence-electron chi connectivity index (χ0n) is 7.00. The first kappa shape index (κ1) is 10.2. The standard InChI is InChI=1S/C10H10ClFO/c11-6-5-9(7-13)8-1-3-10(12)4-2-8/h1-5,13H,6-7H2/b9-5-. The van der Waals surface area contributed by atoms with Crippen molar-refractivity contribution in [1.29, 1.82) is 0 Å². The van der Waals surface area contributed by atoms with Crippen molar-refractivity contribution in [3.8, 4) is 0 Å². The van der Waals surface area contributed by atoms with Crippen molar-refractivity contribution in [3.63, 3.8) is 0 Å². The number of hydrogen-bond acceptors (Lipinski definition) is 1. The second-order valence-corrected chi connectivity index (χ2v) is 2.86. The van der Waals surface area contributed by atoms with Gasteiger partial charge in [-0.05, 0) is 23.3 Å². The maximum atomic E-state index is 12.5. The van der Waals surface area contributed by atoms with Gasteiger partial charge >= 0.3 is 0 Å². The molecule has 0 amide bonds. The number of benzene rings is 1. The summed E-state index contributed by atoms with van der Waals surface area (Å²) in [6, 6.07) is 5.94. The summed E-state index contributed by atoms with van der Waals surface area (Å²) in [5.74, 6) is 0.0553. The quantitative estimate of drug-likeness (QED) is 0.744. The molecule has 0 atom stereocenters. The van der Waals surface area contributed by atoms with E-state index in [0.29, 0.717) is 5.88 Å². The van der Waals surface area contributed by atoms with Crippen LogP contribution in [0.25, 0.3) is 5.57 Å². The van der Waals surface area contributed by atoms with Crippen LogP contribution in [-0.2, 0) is 0 Å². The number of hydrogen-bond donors (Lipinski definition) is 1. The Balaban J connectivity index is 2.92. The highest BCUT2D eigenvalue weighted by atomic mass is 35.5. The molecule has 0 unspecified atom stereocenters. The van der Waals surface area contributed by atoms with Crippen molar-refractivity contribution in [2.24, 2.45) is 0 Å². The van der Waals surface area contributed by atoms with Gasteiger partial charge in [0.25, 0.3) is 0 Å². The first-order valence-electron chi connectivity index (χ1n) is 3.89. The van der Waals surface area contributed by atoms with E-state index in [1.54, 1.807) is 18.2 Å². The summed E-state index contributed by atoms with van der Waals surface area (Å²) >= 11 is 5.49. The minimum atomic E-state index is -0.285. The smallest absolute Gasteiger partial charge is 0.123 e. The average molecular weight is 201 g/mol. The number of alkyl halides is 1. The maximum absolute atomic E-state index is 12.5. The lowest BCUT2D eigenvalue weighted by Gasteiger charge is -2.02. The van der Waals surface area contributed by atoms with E-state index in [9.17, 15) is 4.39 Å². The van der Waals surface area contributed by atoms with Crippen LogP contribution in [0.3, 0.4) is 0 Å². The van der Waals surface area contributed by atoms with Crippen LogP contribution >= 0.6 is 11.6 Å². The van der Waals surface area contributed by atoms with Gasteiger partial charge in [0, 0.05) is 5.88 Å². The molecule has 0 aliphatic heterocycles. The Morgan fingerprint density at radius 2 is 2.00 bits per heavy atom. The van der Waals surface area contributed by atoms with Crippen LogP contribution in [0.2, 0.25) is 0 Å². The van der Waals surface area contributed by atoms with Crippen molar-refractivity contribution < 1.29 is 9.50 Å². The molecule has 0 aliphatic carbocycles. The van der Waals surface area contributed by atoms with E-state index >= 15 is 0 Å². The topological polar surface area (TPSA) is 20.2 Å². The molecule has 1 N–H and O–H groups in total. The average Bonchev–Trinajstić information content (AvgIpc) is 2.16. The van der Waals surface area contributed by atoms with Crippen molar-refractivity contribution in [1.82, 2.24) is 0 Å². The van der Waals surface area contributed by atoms with Crippen LogP contribution in [0.4, 0.5) is 4.39 Å². The highest BCUT2D eigenvalue weighted by Gasteiger charge is 1.99. The number of aliphatic hydroxyl groups excluding tert-OH is 1. The van der Waals surface area contributed by atoms with E-state index < -0.39 is 0 Å². The molecule has 1 aromatic carbocycles. The van der Waals surface area contributed by atoms with E-state index in [4.69, 9.17) is 16.7 Å². The molecule has 0 spiro atoms. The Labute approximate surface area is 81.5 Å². The Morgan fingerprint density at radius 3 is 2.46 bits per heavy atom. The Morgan fingerprint density at radius 1 is 1.38 bits per heavy atom. The highest BCUT2D eigenvalue weighted by Crippen LogP contribution is 2.14. The van der Waals surface area contributed by atoms with Crippen LogP contribution in [0.5, 0.6) is 0 Å². The molecule has 70 valence electrons. The molecule has 0 saturated heterocycles. The fourth-order valence-corrected chi connectivity index (χ4v) is 1.22. The molecular formula is C10H10ClFO. The SMILES string of the molecule is OC/C(=C/CCl)c1ccc(F)cc1. The van der Waals surface area contributed by atoms with Crippen molar-refractivity contribution >= 4 is 17.2 Å². The zero-order chi connectivity index (χ0) is 9.68. The lowest BCUT2D eigenvalue weighted by atomic mass is 10.1. The molecule has 1 rings (SSSR count). The first-order chi connectivity index (χ1) is 6.27. The van der Waals surface area contributed by atoms with E-state index in [-0.39, 0.29) is 12.4 Å². The molecule has 0 saturated carbocycles. The minimum Gasteiger partial charge on any atom is -0.392 e. The summed E-state index contributed by atoms with van der Waals surface area (Å²) < 4.78 is 12.5. The predicted octanol–water partition coefficient (Wildman–Crippen LogP) is 2.44. The van der Waals surface area contributed by atoms with Crippen molar-refractivity contribution in [3.05, 3.63) is 41.7 Å². The molecule has 0 heterocycles. The summed E-state index contributed by atoms with van der Waals surface area (Å²) in [5, 5.41) is 8.96. The van der Waals surface area contributed by atoms with Crippen molar-refractivity contribution in [2.45, 2.75) is 0 Å². The van der Waals surface area contributed by atoms with Gasteiger partial charge in [-0.25, -0.2) is 4.39 Å². The van der Waals surface area contributed by atoms with Crippen LogP contribution in [-0.4, -0.2) is 17.6 Å². The van der Waals surface area contributed by atoms with Gasteiger partial charge in [-0.3, -0.25) is 0 Å². The Hall–Kier alpha value is -0.860. The second-order valence-electron chi connectivity index (χ2n) is 2.55. The Kier molecular flexibility index (Phi) is 3.93. The number of halogens is 2. The monoisotopic (exact) mass is 200 g/mol. The van der Waals surface area contributed by atoms with E-state index in [2.05, 4.69) is 0 Å². The number of rotatable bonds is 3. The molecule has 0 aliphatic rings. The third kappa shape index (κ3) is 2.83. The summed E-state index contributed by atoms with van der Waals surface area (Å²) in [6.07, 6.45) is 1.70. The second kappa shape index (κ2) is 5.00. The van der Waals surface area contributed by atoms with E-state index in [1.165, 1.54) is 12.1 Å². The van der Waals surface area contributed by atoms with Crippen LogP contribution in [0.1, 0.15) is 5.56 Å². The summed E-state index contributed by atoms with van der Waals surface area (Å²) in [7, 11) is 0. The minimum absolute atomic E-state index is 0.0850. The maximum Gasteiger partial charge on any atom is 0.123 e. The molecule has 1 aromatic rings. The molecule has 0 bridgehead atoms. The van der Waals surface area contributed by atoms with Gasteiger partial charge in [-0.15, -0.1) is 11.6 Å². The molecule has 3 heteroatoms. The van der Waals surface area contributed by atoms with Crippen LogP contribution < -0.4 is 0 Å². The van der Waals surface area contributed by atoms with E-state index in [1.807, 2.05) is 0 Å². The summed E-state index contributed by atoms with van der Waals surface area (Å²) in [4.78, 5) is 0. The first-order valence-corrected chi connectivity index (χ1v) is 4.43.